The third-order valence-corrected chi connectivity index (χ3v) is 5.67. The van der Waals surface area contributed by atoms with Crippen LogP contribution in [0.2, 0.25) is 0 Å². The van der Waals surface area contributed by atoms with Gasteiger partial charge in [-0.25, -0.2) is 9.97 Å². The molecule has 1 atom stereocenters. The molecule has 0 saturated heterocycles. The predicted octanol–water partition coefficient (Wildman–Crippen LogP) is 6.58. The molecule has 0 bridgehead atoms. The molecule has 0 aliphatic heterocycles. The molecular weight excluding hydrogens is 435 g/mol. The van der Waals surface area contributed by atoms with Gasteiger partial charge in [0.05, 0.1) is 10.9 Å². The second kappa shape index (κ2) is 9.32. The third kappa shape index (κ3) is 5.88. The number of carbonyl (C=O) groups excluding carboxylic acids is 1. The van der Waals surface area contributed by atoms with Crippen LogP contribution in [0.1, 0.15) is 39.0 Å². The van der Waals surface area contributed by atoms with Crippen LogP contribution in [0.25, 0.3) is 11.3 Å². The second-order valence-electron chi connectivity index (χ2n) is 8.33. The first-order valence-corrected chi connectivity index (χ1v) is 10.9. The quantitative estimate of drug-likeness (QED) is 0.346. The summed E-state index contributed by atoms with van der Waals surface area (Å²) in [5.74, 6) is -0.339. The van der Waals surface area contributed by atoms with E-state index in [1.165, 1.54) is 0 Å². The molecule has 1 N–H and O–H groups in total. The lowest BCUT2D eigenvalue weighted by Crippen LogP contribution is -2.25. The highest BCUT2D eigenvalue weighted by atomic mass is 32.2. The summed E-state index contributed by atoms with van der Waals surface area (Å²) in [6.07, 6.45) is -4.63. The number of benzene rings is 2. The van der Waals surface area contributed by atoms with E-state index in [2.05, 4.69) is 15.3 Å². The van der Waals surface area contributed by atoms with Gasteiger partial charge in [-0.2, -0.15) is 13.2 Å². The highest BCUT2D eigenvalue weighted by Crippen LogP contribution is 2.34. The number of nitrogens with zero attached hydrogens (tertiary/aromatic N) is 2. The fourth-order valence-corrected chi connectivity index (χ4v) is 3.86. The summed E-state index contributed by atoms with van der Waals surface area (Å²) >= 11 is 0.889. The zero-order valence-corrected chi connectivity index (χ0v) is 19.0. The van der Waals surface area contributed by atoms with Crippen LogP contribution in [0.15, 0.2) is 65.8 Å². The van der Waals surface area contributed by atoms with Crippen LogP contribution in [0, 0.1) is 0 Å². The number of anilines is 1. The molecule has 0 aliphatic carbocycles. The first-order valence-electron chi connectivity index (χ1n) is 10.0. The van der Waals surface area contributed by atoms with E-state index >= 15 is 0 Å². The zero-order chi connectivity index (χ0) is 23.5. The molecule has 0 aliphatic rings. The zero-order valence-electron chi connectivity index (χ0n) is 18.2. The van der Waals surface area contributed by atoms with Crippen LogP contribution in [0.4, 0.5) is 18.9 Å². The van der Waals surface area contributed by atoms with E-state index in [0.717, 1.165) is 23.4 Å². The Morgan fingerprint density at radius 3 is 2.22 bits per heavy atom. The molecular formula is C24H24F3N3OS. The summed E-state index contributed by atoms with van der Waals surface area (Å²) in [6.45, 7) is 7.73. The van der Waals surface area contributed by atoms with Gasteiger partial charge in [0.2, 0.25) is 5.91 Å². The summed E-state index contributed by atoms with van der Waals surface area (Å²) in [4.78, 5) is 20.8. The molecule has 168 valence electrons. The molecule has 32 heavy (non-hydrogen) atoms. The van der Waals surface area contributed by atoms with Crippen molar-refractivity contribution in [3.63, 3.8) is 0 Å². The third-order valence-electron chi connectivity index (χ3n) is 4.71. The number of aromatic nitrogens is 2. The lowest BCUT2D eigenvalue weighted by molar-refractivity contribution is -0.141. The van der Waals surface area contributed by atoms with Crippen LogP contribution in [-0.2, 0) is 16.4 Å². The smallest absolute Gasteiger partial charge is 0.325 e. The van der Waals surface area contributed by atoms with E-state index in [1.54, 1.807) is 37.3 Å². The van der Waals surface area contributed by atoms with Gasteiger partial charge in [-0.05, 0) is 30.0 Å². The molecule has 8 heteroatoms. The van der Waals surface area contributed by atoms with Crippen molar-refractivity contribution >= 4 is 23.4 Å². The van der Waals surface area contributed by atoms with Crippen molar-refractivity contribution in [3.05, 3.63) is 71.9 Å². The fourth-order valence-electron chi connectivity index (χ4n) is 3.07. The number of nitrogens with one attached hydrogen (secondary N) is 1. The average Bonchev–Trinajstić information content (AvgIpc) is 2.73. The topological polar surface area (TPSA) is 54.9 Å². The largest absolute Gasteiger partial charge is 0.433 e. The van der Waals surface area contributed by atoms with Crippen LogP contribution >= 0.6 is 11.8 Å². The van der Waals surface area contributed by atoms with E-state index in [9.17, 15) is 18.0 Å². The van der Waals surface area contributed by atoms with Crippen LogP contribution < -0.4 is 5.32 Å². The van der Waals surface area contributed by atoms with E-state index in [0.29, 0.717) is 11.3 Å². The Bertz CT molecular complexity index is 1100. The van der Waals surface area contributed by atoms with Crippen molar-refractivity contribution in [2.45, 2.75) is 49.7 Å². The summed E-state index contributed by atoms with van der Waals surface area (Å²) in [5, 5.41) is 2.07. The molecule has 0 saturated carbocycles. The molecule has 0 fully saturated rings. The molecule has 3 aromatic rings. The van der Waals surface area contributed by atoms with Gasteiger partial charge in [-0.15, -0.1) is 0 Å². The second-order valence-corrected chi connectivity index (χ2v) is 9.64. The molecule has 4 nitrogen and oxygen atoms in total. The highest BCUT2D eigenvalue weighted by Gasteiger charge is 2.34. The van der Waals surface area contributed by atoms with E-state index in [4.69, 9.17) is 0 Å². The van der Waals surface area contributed by atoms with Crippen LogP contribution in [0.5, 0.6) is 0 Å². The van der Waals surface area contributed by atoms with Gasteiger partial charge in [0.25, 0.3) is 0 Å². The Kier molecular flexibility index (Phi) is 6.93. The number of hydrogen-bond donors (Lipinski definition) is 1. The van der Waals surface area contributed by atoms with Crippen LogP contribution in [-0.4, -0.2) is 21.1 Å². The van der Waals surface area contributed by atoms with Gasteiger partial charge in [-0.3, -0.25) is 4.79 Å². The van der Waals surface area contributed by atoms with Gasteiger partial charge in [-0.1, -0.05) is 81.1 Å². The van der Waals surface area contributed by atoms with Crippen molar-refractivity contribution < 1.29 is 18.0 Å². The number of alkyl halides is 3. The number of hydrogen-bond acceptors (Lipinski definition) is 4. The van der Waals surface area contributed by atoms with Gasteiger partial charge in [0.1, 0.15) is 5.69 Å². The van der Waals surface area contributed by atoms with Crippen LogP contribution in [0.3, 0.4) is 0 Å². The highest BCUT2D eigenvalue weighted by molar-refractivity contribution is 8.00. The van der Waals surface area contributed by atoms with Crippen molar-refractivity contribution in [1.82, 2.24) is 9.97 Å². The number of carbonyl (C=O) groups is 1. The Morgan fingerprint density at radius 1 is 0.969 bits per heavy atom. The standard InChI is InChI=1S/C24H24F3N3OS/c1-15(21(31)28-18-13-9-8-12-17(18)23(2,3)4)32-22-29-19(16-10-6-5-7-11-16)14-20(30-22)24(25,26)27/h5-15H,1-4H3,(H,28,31)/t15-/m0/s1. The summed E-state index contributed by atoms with van der Waals surface area (Å²) in [6, 6.07) is 17.0. The van der Waals surface area contributed by atoms with Crippen molar-refractivity contribution in [3.8, 4) is 11.3 Å². The normalized spacial score (nSPS) is 13.0. The van der Waals surface area contributed by atoms with E-state index < -0.39 is 17.1 Å². The minimum Gasteiger partial charge on any atom is -0.325 e. The summed E-state index contributed by atoms with van der Waals surface area (Å²) in [7, 11) is 0. The lowest BCUT2D eigenvalue weighted by Gasteiger charge is -2.23. The van der Waals surface area contributed by atoms with Crippen molar-refractivity contribution in [2.24, 2.45) is 0 Å². The van der Waals surface area contributed by atoms with E-state index in [1.807, 2.05) is 45.0 Å². The fraction of sp³-hybridized carbons (Fsp3) is 0.292. The summed E-state index contributed by atoms with van der Waals surface area (Å²) in [5.41, 5.74) is 1.10. The first-order chi connectivity index (χ1) is 14.9. The molecule has 0 radical (unpaired) electrons. The number of rotatable bonds is 5. The Morgan fingerprint density at radius 2 is 1.59 bits per heavy atom. The molecule has 0 spiro atoms. The Balaban J connectivity index is 1.86. The maximum Gasteiger partial charge on any atom is 0.433 e. The molecule has 1 aromatic heterocycles. The molecule has 3 rings (SSSR count). The maximum absolute atomic E-state index is 13.4. The number of amides is 1. The monoisotopic (exact) mass is 459 g/mol. The summed E-state index contributed by atoms with van der Waals surface area (Å²) < 4.78 is 40.3. The SMILES string of the molecule is C[C@H](Sc1nc(-c2ccccc2)cc(C(F)(F)F)n1)C(=O)Nc1ccccc1C(C)(C)C. The molecule has 0 unspecified atom stereocenters. The van der Waals surface area contributed by atoms with Gasteiger partial charge in [0, 0.05) is 11.3 Å². The van der Waals surface area contributed by atoms with Gasteiger partial charge < -0.3 is 5.32 Å². The van der Waals surface area contributed by atoms with E-state index in [-0.39, 0.29) is 22.2 Å². The first kappa shape index (κ1) is 23.8. The minimum absolute atomic E-state index is 0.106. The van der Waals surface area contributed by atoms with Crippen molar-refractivity contribution in [1.29, 1.82) is 0 Å². The molecule has 1 heterocycles. The van der Waals surface area contributed by atoms with Crippen molar-refractivity contribution in [2.75, 3.05) is 5.32 Å². The average molecular weight is 460 g/mol. The molecule has 2 aromatic carbocycles. The minimum atomic E-state index is -4.63. The number of halogens is 3. The maximum atomic E-state index is 13.4. The van der Waals surface area contributed by atoms with Gasteiger partial charge >= 0.3 is 6.18 Å². The molecule has 1 amide bonds. The van der Waals surface area contributed by atoms with Gasteiger partial charge in [0.15, 0.2) is 5.16 Å². The predicted molar refractivity (Wildman–Crippen MR) is 122 cm³/mol. The Labute approximate surface area is 189 Å². The lowest BCUT2D eigenvalue weighted by atomic mass is 9.86. The number of thioether (sulfide) groups is 1. The number of para-hydroxylation sites is 1. The Hall–Kier alpha value is -2.87.